The summed E-state index contributed by atoms with van der Waals surface area (Å²) in [4.78, 5) is 52.8. The molecule has 0 aliphatic rings. The third-order valence-electron chi connectivity index (χ3n) is 10.3. The Bertz CT molecular complexity index is 2810. The summed E-state index contributed by atoms with van der Waals surface area (Å²) >= 11 is 0. The molecule has 0 spiro atoms. The zero-order chi connectivity index (χ0) is 45.3. The van der Waals surface area contributed by atoms with Gasteiger partial charge in [-0.3, -0.25) is 9.59 Å². The molecule has 0 saturated heterocycles. The lowest BCUT2D eigenvalue weighted by molar-refractivity contribution is 0.0517. The Labute approximate surface area is 368 Å². The SMILES string of the molecule is CCOC(=O)c1cccc(N=Nc2c(O)c(C(=O)Nc3cc(CC)c(NC(=O)c4cc5ccccc5c(N=Nc5cccc(C(=O)OCC)c5)c4O)cc3CC)cc3ccccc23)c1. The molecule has 0 saturated carbocycles. The molecule has 322 valence electrons. The lowest BCUT2D eigenvalue weighted by Gasteiger charge is -2.18. The van der Waals surface area contributed by atoms with Gasteiger partial charge in [0.1, 0.15) is 11.4 Å². The van der Waals surface area contributed by atoms with Crippen molar-refractivity contribution in [2.24, 2.45) is 20.5 Å². The minimum Gasteiger partial charge on any atom is -0.505 e. The van der Waals surface area contributed by atoms with E-state index in [1.807, 2.05) is 13.8 Å². The van der Waals surface area contributed by atoms with Crippen molar-refractivity contribution in [2.75, 3.05) is 23.8 Å². The highest BCUT2D eigenvalue weighted by molar-refractivity contribution is 6.14. The Hall–Kier alpha value is -8.26. The average molecular weight is 857 g/mol. The Morgan fingerprint density at radius 1 is 0.500 bits per heavy atom. The van der Waals surface area contributed by atoms with Crippen LogP contribution in [0.15, 0.2) is 142 Å². The number of amides is 2. The minimum absolute atomic E-state index is 0.0446. The van der Waals surface area contributed by atoms with Crippen molar-refractivity contribution in [3.05, 3.63) is 155 Å². The van der Waals surface area contributed by atoms with Crippen LogP contribution in [-0.4, -0.2) is 47.2 Å². The first kappa shape index (κ1) is 43.8. The number of phenols is 2. The van der Waals surface area contributed by atoms with Gasteiger partial charge >= 0.3 is 11.9 Å². The highest BCUT2D eigenvalue weighted by atomic mass is 16.5. The van der Waals surface area contributed by atoms with E-state index in [2.05, 4.69) is 31.1 Å². The highest BCUT2D eigenvalue weighted by Crippen LogP contribution is 2.42. The monoisotopic (exact) mass is 856 g/mol. The zero-order valence-electron chi connectivity index (χ0n) is 35.5. The summed E-state index contributed by atoms with van der Waals surface area (Å²) in [6.45, 7) is 7.66. The summed E-state index contributed by atoms with van der Waals surface area (Å²) in [5.41, 5.74) is 3.62. The van der Waals surface area contributed by atoms with Gasteiger partial charge in [-0.2, -0.15) is 10.2 Å². The normalized spacial score (nSPS) is 11.3. The number of fused-ring (bicyclic) bond motifs is 2. The molecule has 0 radical (unpaired) electrons. The average Bonchev–Trinajstić information content (AvgIpc) is 3.31. The molecular weight excluding hydrogens is 813 g/mol. The number of benzene rings is 7. The molecule has 0 atom stereocenters. The number of phenolic OH excluding ortho intramolecular Hbond substituents is 2. The Balaban J connectivity index is 1.17. The first-order valence-corrected chi connectivity index (χ1v) is 20.7. The number of nitrogens with zero attached hydrogens (tertiary/aromatic N) is 4. The highest BCUT2D eigenvalue weighted by Gasteiger charge is 2.23. The number of azo groups is 2. The van der Waals surface area contributed by atoms with Crippen LogP contribution in [0.3, 0.4) is 0 Å². The molecule has 0 aliphatic heterocycles. The number of rotatable bonds is 14. The predicted molar refractivity (Wildman–Crippen MR) is 245 cm³/mol. The van der Waals surface area contributed by atoms with E-state index in [1.54, 1.807) is 123 Å². The molecule has 0 unspecified atom stereocenters. The second kappa shape index (κ2) is 19.6. The Kier molecular flexibility index (Phi) is 13.4. The third kappa shape index (κ3) is 9.45. The standard InChI is InChI=1S/C50H44N6O8/c1-5-29-27-42(52-48(60)40-26-32-16-10-12-22-38(32)44(46(40)58)56-54-36-20-14-18-34(24-36)50(62)64-8-4)30(6-2)28-41(29)51-47(59)39-25-31-15-9-11-21-37(31)43(45(39)57)55-53-35-19-13-17-33(23-35)49(61)63-7-3/h9-28,57-58H,5-8H2,1-4H3,(H,51,59)(H,52,60). The van der Waals surface area contributed by atoms with E-state index in [9.17, 15) is 29.4 Å². The van der Waals surface area contributed by atoms with Gasteiger partial charge in [0.25, 0.3) is 11.8 Å². The van der Waals surface area contributed by atoms with Crippen LogP contribution in [0.25, 0.3) is 21.5 Å². The molecule has 0 bridgehead atoms. The molecule has 0 heterocycles. The van der Waals surface area contributed by atoms with Crippen LogP contribution in [-0.2, 0) is 22.3 Å². The van der Waals surface area contributed by atoms with Gasteiger partial charge in [0.15, 0.2) is 11.5 Å². The lowest BCUT2D eigenvalue weighted by Crippen LogP contribution is -2.16. The van der Waals surface area contributed by atoms with E-state index in [1.165, 1.54) is 12.1 Å². The Morgan fingerprint density at radius 2 is 0.906 bits per heavy atom. The fraction of sp³-hybridized carbons (Fsp3) is 0.160. The number of nitrogens with one attached hydrogen (secondary N) is 2. The maximum absolute atomic E-state index is 14.1. The van der Waals surface area contributed by atoms with E-state index in [-0.39, 0.29) is 35.7 Å². The largest absolute Gasteiger partial charge is 0.505 e. The smallest absolute Gasteiger partial charge is 0.338 e. The summed E-state index contributed by atoms with van der Waals surface area (Å²) in [6.07, 6.45) is 0.916. The number of ether oxygens (including phenoxy) is 2. The van der Waals surface area contributed by atoms with Crippen molar-refractivity contribution in [3.8, 4) is 11.5 Å². The van der Waals surface area contributed by atoms with Crippen molar-refractivity contribution < 1.29 is 38.9 Å². The van der Waals surface area contributed by atoms with E-state index in [0.717, 1.165) is 0 Å². The first-order chi connectivity index (χ1) is 31.0. The molecule has 7 aromatic rings. The number of hydrogen-bond donors (Lipinski definition) is 4. The van der Waals surface area contributed by atoms with Gasteiger partial charge in [-0.25, -0.2) is 9.59 Å². The quantitative estimate of drug-likeness (QED) is 0.0611. The summed E-state index contributed by atoms with van der Waals surface area (Å²) < 4.78 is 10.2. The molecule has 64 heavy (non-hydrogen) atoms. The van der Waals surface area contributed by atoms with Gasteiger partial charge < -0.3 is 30.3 Å². The summed E-state index contributed by atoms with van der Waals surface area (Å²) in [6, 6.07) is 33.8. The second-order valence-electron chi connectivity index (χ2n) is 14.4. The van der Waals surface area contributed by atoms with Crippen LogP contribution >= 0.6 is 0 Å². The maximum Gasteiger partial charge on any atom is 0.338 e. The summed E-state index contributed by atoms with van der Waals surface area (Å²) in [5, 5.41) is 48.7. The number of anilines is 2. The molecule has 4 N–H and O–H groups in total. The topological polar surface area (TPSA) is 201 Å². The van der Waals surface area contributed by atoms with E-state index < -0.39 is 35.3 Å². The molecule has 0 fully saturated rings. The third-order valence-corrected chi connectivity index (χ3v) is 10.3. The van der Waals surface area contributed by atoms with Crippen molar-refractivity contribution in [3.63, 3.8) is 0 Å². The molecule has 14 heteroatoms. The van der Waals surface area contributed by atoms with Crippen LogP contribution < -0.4 is 10.6 Å². The number of aryl methyl sites for hydroxylation is 2. The van der Waals surface area contributed by atoms with Gasteiger partial charge in [-0.05, 0) is 109 Å². The van der Waals surface area contributed by atoms with Crippen LogP contribution in [0.2, 0.25) is 0 Å². The van der Waals surface area contributed by atoms with Crippen molar-refractivity contribution in [1.82, 2.24) is 0 Å². The first-order valence-electron chi connectivity index (χ1n) is 20.7. The van der Waals surface area contributed by atoms with Gasteiger partial charge in [0.05, 0.1) is 46.8 Å². The summed E-state index contributed by atoms with van der Waals surface area (Å²) in [7, 11) is 0. The van der Waals surface area contributed by atoms with E-state index >= 15 is 0 Å². The molecule has 7 aromatic carbocycles. The molecule has 0 aliphatic carbocycles. The van der Waals surface area contributed by atoms with Crippen molar-refractivity contribution in [2.45, 2.75) is 40.5 Å². The molecule has 2 amide bonds. The second-order valence-corrected chi connectivity index (χ2v) is 14.4. The fourth-order valence-electron chi connectivity index (χ4n) is 7.10. The predicted octanol–water partition coefficient (Wildman–Crippen LogP) is 12.2. The van der Waals surface area contributed by atoms with Crippen LogP contribution in [0.1, 0.15) is 80.3 Å². The number of carbonyl (C=O) groups excluding carboxylic acids is 4. The summed E-state index contributed by atoms with van der Waals surface area (Å²) in [5.74, 6) is -3.00. The van der Waals surface area contributed by atoms with E-state index in [0.29, 0.717) is 79.4 Å². The van der Waals surface area contributed by atoms with Crippen molar-refractivity contribution in [1.29, 1.82) is 0 Å². The van der Waals surface area contributed by atoms with Crippen LogP contribution in [0.4, 0.5) is 34.1 Å². The number of hydrogen-bond acceptors (Lipinski definition) is 12. The molecule has 7 rings (SSSR count). The number of esters is 2. The molecule has 14 nitrogen and oxygen atoms in total. The molecular formula is C50H44N6O8. The molecule has 0 aromatic heterocycles. The lowest BCUT2D eigenvalue weighted by atomic mass is 10.00. The van der Waals surface area contributed by atoms with Crippen LogP contribution in [0, 0.1) is 0 Å². The fourth-order valence-corrected chi connectivity index (χ4v) is 7.10. The Morgan fingerprint density at radius 3 is 1.30 bits per heavy atom. The minimum atomic E-state index is -0.604. The maximum atomic E-state index is 14.1. The van der Waals surface area contributed by atoms with Gasteiger partial charge in [0, 0.05) is 22.1 Å². The van der Waals surface area contributed by atoms with Crippen molar-refractivity contribution >= 4 is 79.4 Å². The van der Waals surface area contributed by atoms with Gasteiger partial charge in [-0.1, -0.05) is 74.5 Å². The van der Waals surface area contributed by atoms with Gasteiger partial charge in [-0.15, -0.1) is 10.2 Å². The van der Waals surface area contributed by atoms with E-state index in [4.69, 9.17) is 9.47 Å². The van der Waals surface area contributed by atoms with Crippen LogP contribution in [0.5, 0.6) is 11.5 Å². The number of carbonyl (C=O) groups is 4. The number of aromatic hydroxyl groups is 2. The van der Waals surface area contributed by atoms with Gasteiger partial charge in [0.2, 0.25) is 0 Å². The zero-order valence-corrected chi connectivity index (χ0v) is 35.5.